The molecule has 0 aliphatic carbocycles. The highest BCUT2D eigenvalue weighted by Crippen LogP contribution is 2.08. The molecule has 0 unspecified atom stereocenters. The van der Waals surface area contributed by atoms with Crippen LogP contribution in [0.1, 0.15) is 42.1 Å². The summed E-state index contributed by atoms with van der Waals surface area (Å²) in [6.07, 6.45) is 4.43. The smallest absolute Gasteiger partial charge is 0.251 e. The molecule has 1 amide bonds. The maximum absolute atomic E-state index is 12.0. The Labute approximate surface area is 109 Å². The Balaban J connectivity index is 1.91. The van der Waals surface area contributed by atoms with Crippen LogP contribution in [0.25, 0.3) is 0 Å². The molecule has 1 atom stereocenters. The van der Waals surface area contributed by atoms with Crippen LogP contribution in [0, 0.1) is 0 Å². The Morgan fingerprint density at radius 2 is 2.17 bits per heavy atom. The molecule has 0 spiro atoms. The van der Waals surface area contributed by atoms with Crippen molar-refractivity contribution in [3.8, 4) is 0 Å². The van der Waals surface area contributed by atoms with Crippen LogP contribution < -0.4 is 10.6 Å². The maximum Gasteiger partial charge on any atom is 0.251 e. The number of rotatable bonds is 4. The average molecular weight is 246 g/mol. The molecule has 0 aromatic heterocycles. The van der Waals surface area contributed by atoms with Crippen LogP contribution in [0.2, 0.25) is 0 Å². The Bertz CT molecular complexity index is 380. The lowest BCUT2D eigenvalue weighted by molar-refractivity contribution is 0.0930. The molecule has 18 heavy (non-hydrogen) atoms. The van der Waals surface area contributed by atoms with Crippen molar-refractivity contribution < 1.29 is 4.79 Å². The fourth-order valence-electron chi connectivity index (χ4n) is 2.36. The summed E-state index contributed by atoms with van der Waals surface area (Å²) >= 11 is 0. The first-order valence-electron chi connectivity index (χ1n) is 6.90. The van der Waals surface area contributed by atoms with Crippen molar-refractivity contribution in [1.29, 1.82) is 0 Å². The van der Waals surface area contributed by atoms with Gasteiger partial charge in [-0.15, -0.1) is 0 Å². The summed E-state index contributed by atoms with van der Waals surface area (Å²) in [5.41, 5.74) is 2.06. The molecule has 3 nitrogen and oxygen atoms in total. The Kier molecular flexibility index (Phi) is 4.76. The van der Waals surface area contributed by atoms with Crippen molar-refractivity contribution in [2.75, 3.05) is 13.1 Å². The highest BCUT2D eigenvalue weighted by molar-refractivity contribution is 5.94. The van der Waals surface area contributed by atoms with E-state index in [2.05, 4.69) is 29.7 Å². The molecule has 0 saturated carbocycles. The maximum atomic E-state index is 12.0. The monoisotopic (exact) mass is 246 g/mol. The topological polar surface area (TPSA) is 41.1 Å². The van der Waals surface area contributed by atoms with E-state index in [1.165, 1.54) is 5.56 Å². The number of piperidine rings is 1. The number of amides is 1. The average Bonchev–Trinajstić information content (AvgIpc) is 2.41. The van der Waals surface area contributed by atoms with Crippen LogP contribution in [-0.4, -0.2) is 25.0 Å². The summed E-state index contributed by atoms with van der Waals surface area (Å²) < 4.78 is 0. The molecule has 1 aromatic rings. The van der Waals surface area contributed by atoms with Gasteiger partial charge in [0, 0.05) is 18.2 Å². The quantitative estimate of drug-likeness (QED) is 0.854. The van der Waals surface area contributed by atoms with Gasteiger partial charge in [0.1, 0.15) is 0 Å². The van der Waals surface area contributed by atoms with Gasteiger partial charge in [-0.3, -0.25) is 4.79 Å². The van der Waals surface area contributed by atoms with E-state index in [0.29, 0.717) is 0 Å². The largest absolute Gasteiger partial charge is 0.348 e. The van der Waals surface area contributed by atoms with Crippen molar-refractivity contribution in [2.24, 2.45) is 0 Å². The van der Waals surface area contributed by atoms with E-state index in [9.17, 15) is 4.79 Å². The van der Waals surface area contributed by atoms with Gasteiger partial charge in [0.05, 0.1) is 0 Å². The minimum Gasteiger partial charge on any atom is -0.348 e. The molecule has 0 radical (unpaired) electrons. The minimum absolute atomic E-state index is 0.0479. The van der Waals surface area contributed by atoms with Gasteiger partial charge in [0.25, 0.3) is 5.91 Å². The molecule has 1 aliphatic rings. The number of carbonyl (C=O) groups excluding carboxylic acids is 1. The zero-order valence-corrected chi connectivity index (χ0v) is 11.0. The molecule has 1 aliphatic heterocycles. The lowest BCUT2D eigenvalue weighted by Crippen LogP contribution is -2.45. The summed E-state index contributed by atoms with van der Waals surface area (Å²) in [7, 11) is 0. The lowest BCUT2D eigenvalue weighted by atomic mass is 10.1. The zero-order chi connectivity index (χ0) is 12.8. The predicted molar refractivity (Wildman–Crippen MR) is 73.8 cm³/mol. The van der Waals surface area contributed by atoms with E-state index in [1.807, 2.05) is 12.1 Å². The van der Waals surface area contributed by atoms with E-state index in [-0.39, 0.29) is 11.9 Å². The van der Waals surface area contributed by atoms with E-state index >= 15 is 0 Å². The van der Waals surface area contributed by atoms with Crippen LogP contribution in [0.3, 0.4) is 0 Å². The Hall–Kier alpha value is -1.35. The first-order valence-corrected chi connectivity index (χ1v) is 6.90. The van der Waals surface area contributed by atoms with Gasteiger partial charge >= 0.3 is 0 Å². The van der Waals surface area contributed by atoms with Gasteiger partial charge < -0.3 is 10.6 Å². The van der Waals surface area contributed by atoms with Crippen molar-refractivity contribution >= 4 is 5.91 Å². The van der Waals surface area contributed by atoms with Crippen LogP contribution in [0.5, 0.6) is 0 Å². The first-order chi connectivity index (χ1) is 8.79. The molecular weight excluding hydrogens is 224 g/mol. The van der Waals surface area contributed by atoms with E-state index in [0.717, 1.165) is 44.3 Å². The second-order valence-corrected chi connectivity index (χ2v) is 4.96. The summed E-state index contributed by atoms with van der Waals surface area (Å²) in [5, 5.41) is 6.39. The summed E-state index contributed by atoms with van der Waals surface area (Å²) in [6, 6.07) is 8.24. The molecule has 1 saturated heterocycles. The fraction of sp³-hybridized carbons (Fsp3) is 0.533. The molecule has 3 heteroatoms. The molecular formula is C15H22N2O. The van der Waals surface area contributed by atoms with Crippen LogP contribution >= 0.6 is 0 Å². The number of carbonyl (C=O) groups is 1. The summed E-state index contributed by atoms with van der Waals surface area (Å²) in [6.45, 7) is 4.12. The van der Waals surface area contributed by atoms with Gasteiger partial charge in [-0.1, -0.05) is 25.5 Å². The normalized spacial score (nSPS) is 19.5. The predicted octanol–water partition coefficient (Wildman–Crippen LogP) is 2.12. The number of hydrogen-bond acceptors (Lipinski definition) is 2. The van der Waals surface area contributed by atoms with Gasteiger partial charge in [0.2, 0.25) is 0 Å². The highest BCUT2D eigenvalue weighted by Gasteiger charge is 2.15. The molecule has 0 bridgehead atoms. The molecule has 2 rings (SSSR count). The molecule has 1 heterocycles. The third-order valence-corrected chi connectivity index (χ3v) is 3.39. The number of benzene rings is 1. The number of aryl methyl sites for hydroxylation is 1. The van der Waals surface area contributed by atoms with Crippen molar-refractivity contribution in [2.45, 2.75) is 38.6 Å². The van der Waals surface area contributed by atoms with E-state index < -0.39 is 0 Å². The standard InChI is InChI=1S/C15H22N2O/c1-2-4-12-6-8-13(9-7-12)15(18)17-14-5-3-10-16-11-14/h6-9,14,16H,2-5,10-11H2,1H3,(H,17,18)/t14-/m0/s1. The zero-order valence-electron chi connectivity index (χ0n) is 11.0. The summed E-state index contributed by atoms with van der Waals surface area (Å²) in [5.74, 6) is 0.0479. The minimum atomic E-state index is 0.0479. The van der Waals surface area contributed by atoms with Crippen molar-refractivity contribution in [3.05, 3.63) is 35.4 Å². The Morgan fingerprint density at radius 1 is 1.39 bits per heavy atom. The lowest BCUT2D eigenvalue weighted by Gasteiger charge is -2.23. The third kappa shape index (κ3) is 3.57. The number of hydrogen-bond donors (Lipinski definition) is 2. The number of nitrogens with one attached hydrogen (secondary N) is 2. The first kappa shape index (κ1) is 13.1. The molecule has 1 fully saturated rings. The SMILES string of the molecule is CCCc1ccc(C(=O)N[C@H]2CCCNC2)cc1. The van der Waals surface area contributed by atoms with Crippen molar-refractivity contribution in [1.82, 2.24) is 10.6 Å². The van der Waals surface area contributed by atoms with Gasteiger partial charge in [0.15, 0.2) is 0 Å². The van der Waals surface area contributed by atoms with Crippen LogP contribution in [0.15, 0.2) is 24.3 Å². The highest BCUT2D eigenvalue weighted by atomic mass is 16.1. The van der Waals surface area contributed by atoms with E-state index in [4.69, 9.17) is 0 Å². The molecule has 1 aromatic carbocycles. The van der Waals surface area contributed by atoms with Gasteiger partial charge in [-0.2, -0.15) is 0 Å². The fourth-order valence-corrected chi connectivity index (χ4v) is 2.36. The Morgan fingerprint density at radius 3 is 2.78 bits per heavy atom. The van der Waals surface area contributed by atoms with Gasteiger partial charge in [-0.25, -0.2) is 0 Å². The third-order valence-electron chi connectivity index (χ3n) is 3.39. The van der Waals surface area contributed by atoms with Gasteiger partial charge in [-0.05, 0) is 43.5 Å². The second-order valence-electron chi connectivity index (χ2n) is 4.96. The van der Waals surface area contributed by atoms with Crippen LogP contribution in [-0.2, 0) is 6.42 Å². The summed E-state index contributed by atoms with van der Waals surface area (Å²) in [4.78, 5) is 12.0. The molecule has 2 N–H and O–H groups in total. The van der Waals surface area contributed by atoms with Crippen molar-refractivity contribution in [3.63, 3.8) is 0 Å². The second kappa shape index (κ2) is 6.55. The van der Waals surface area contributed by atoms with E-state index in [1.54, 1.807) is 0 Å². The van der Waals surface area contributed by atoms with Crippen LogP contribution in [0.4, 0.5) is 0 Å². The molecule has 98 valence electrons.